The molecular formula is C13H23N3OS. The van der Waals surface area contributed by atoms with Crippen molar-refractivity contribution >= 4 is 17.7 Å². The van der Waals surface area contributed by atoms with Crippen LogP contribution in [0.1, 0.15) is 25.2 Å². The summed E-state index contributed by atoms with van der Waals surface area (Å²) in [4.78, 5) is 13.8. The van der Waals surface area contributed by atoms with Gasteiger partial charge in [-0.3, -0.25) is 9.48 Å². The van der Waals surface area contributed by atoms with Crippen molar-refractivity contribution in [1.29, 1.82) is 0 Å². The predicted octanol–water partition coefficient (Wildman–Crippen LogP) is 2.10. The Labute approximate surface area is 114 Å². The highest BCUT2D eigenvalue weighted by Crippen LogP contribution is 2.12. The number of likely N-dealkylation sites (N-methyl/N-ethyl adjacent to an activating group) is 1. The van der Waals surface area contributed by atoms with Crippen LogP contribution in [0, 0.1) is 13.8 Å². The molecule has 1 heterocycles. The third-order valence-electron chi connectivity index (χ3n) is 2.89. The van der Waals surface area contributed by atoms with Crippen molar-refractivity contribution in [1.82, 2.24) is 14.7 Å². The van der Waals surface area contributed by atoms with Gasteiger partial charge in [-0.1, -0.05) is 6.92 Å². The fourth-order valence-electron chi connectivity index (χ4n) is 1.89. The van der Waals surface area contributed by atoms with Crippen LogP contribution >= 0.6 is 11.8 Å². The molecule has 1 aromatic rings. The third kappa shape index (κ3) is 4.05. The molecule has 18 heavy (non-hydrogen) atoms. The van der Waals surface area contributed by atoms with Crippen molar-refractivity contribution in [3.05, 3.63) is 17.5 Å². The van der Waals surface area contributed by atoms with Crippen LogP contribution in [0.25, 0.3) is 0 Å². The van der Waals surface area contributed by atoms with Crippen LogP contribution in [0.4, 0.5) is 0 Å². The van der Waals surface area contributed by atoms with Gasteiger partial charge < -0.3 is 4.90 Å². The molecule has 0 fully saturated rings. The average Bonchev–Trinajstić information content (AvgIpc) is 2.64. The maximum Gasteiger partial charge on any atom is 0.235 e. The highest BCUT2D eigenvalue weighted by molar-refractivity contribution is 8.00. The van der Waals surface area contributed by atoms with Crippen molar-refractivity contribution in [3.63, 3.8) is 0 Å². The summed E-state index contributed by atoms with van der Waals surface area (Å²) in [7, 11) is 1.86. The summed E-state index contributed by atoms with van der Waals surface area (Å²) < 4.78 is 1.96. The minimum atomic E-state index is 0.0421. The molecule has 4 nitrogen and oxygen atoms in total. The predicted molar refractivity (Wildman–Crippen MR) is 76.9 cm³/mol. The van der Waals surface area contributed by atoms with E-state index in [0.29, 0.717) is 6.54 Å². The average molecular weight is 269 g/mol. The number of thioether (sulfide) groups is 1. The van der Waals surface area contributed by atoms with Crippen LogP contribution in [0.3, 0.4) is 0 Å². The molecule has 0 saturated heterocycles. The molecule has 1 amide bonds. The maximum absolute atomic E-state index is 12.0. The number of carbonyl (C=O) groups is 1. The number of hydrogen-bond donors (Lipinski definition) is 0. The lowest BCUT2D eigenvalue weighted by atomic mass is 10.4. The quantitative estimate of drug-likeness (QED) is 0.794. The molecule has 0 spiro atoms. The van der Waals surface area contributed by atoms with Gasteiger partial charge >= 0.3 is 0 Å². The van der Waals surface area contributed by atoms with Crippen LogP contribution < -0.4 is 0 Å². The third-order valence-corrected chi connectivity index (χ3v) is 3.93. The zero-order chi connectivity index (χ0) is 13.7. The number of carbonyl (C=O) groups excluding carboxylic acids is 1. The minimum absolute atomic E-state index is 0.0421. The van der Waals surface area contributed by atoms with Crippen LogP contribution in [0.2, 0.25) is 0 Å². The van der Waals surface area contributed by atoms with E-state index < -0.39 is 0 Å². The maximum atomic E-state index is 12.0. The van der Waals surface area contributed by atoms with E-state index in [1.807, 2.05) is 32.5 Å². The lowest BCUT2D eigenvalue weighted by molar-refractivity contribution is -0.129. The fourth-order valence-corrected chi connectivity index (χ4v) is 2.71. The zero-order valence-corrected chi connectivity index (χ0v) is 12.8. The number of aromatic nitrogens is 2. The lowest BCUT2D eigenvalue weighted by Gasteiger charge is -2.21. The highest BCUT2D eigenvalue weighted by Gasteiger charge is 2.17. The number of aryl methyl sites for hydroxylation is 2. The van der Waals surface area contributed by atoms with Gasteiger partial charge in [0.15, 0.2) is 0 Å². The van der Waals surface area contributed by atoms with Gasteiger partial charge in [-0.25, -0.2) is 0 Å². The second-order valence-electron chi connectivity index (χ2n) is 4.51. The second kappa shape index (κ2) is 6.83. The van der Waals surface area contributed by atoms with Crippen molar-refractivity contribution in [2.24, 2.45) is 0 Å². The molecule has 0 N–H and O–H groups in total. The highest BCUT2D eigenvalue weighted by atomic mass is 32.2. The van der Waals surface area contributed by atoms with Crippen molar-refractivity contribution in [3.8, 4) is 0 Å². The van der Waals surface area contributed by atoms with E-state index in [2.05, 4.69) is 18.1 Å². The van der Waals surface area contributed by atoms with Crippen LogP contribution in [-0.2, 0) is 11.3 Å². The number of nitrogens with zero attached hydrogens (tertiary/aromatic N) is 3. The van der Waals surface area contributed by atoms with E-state index in [0.717, 1.165) is 23.7 Å². The van der Waals surface area contributed by atoms with Gasteiger partial charge in [-0.05, 0) is 32.6 Å². The van der Waals surface area contributed by atoms with Gasteiger partial charge in [0.2, 0.25) is 5.91 Å². The van der Waals surface area contributed by atoms with Gasteiger partial charge in [-0.2, -0.15) is 5.10 Å². The Kier molecular flexibility index (Phi) is 5.72. The molecule has 0 aliphatic heterocycles. The Balaban J connectivity index is 2.48. The smallest absolute Gasteiger partial charge is 0.235 e. The van der Waals surface area contributed by atoms with E-state index in [9.17, 15) is 4.79 Å². The Morgan fingerprint density at radius 3 is 2.72 bits per heavy atom. The summed E-state index contributed by atoms with van der Waals surface area (Å²) in [5, 5.41) is 4.44. The molecule has 1 atom stereocenters. The Morgan fingerprint density at radius 2 is 2.22 bits per heavy atom. The molecule has 0 bridgehead atoms. The molecule has 0 radical (unpaired) electrons. The molecule has 5 heteroatoms. The van der Waals surface area contributed by atoms with E-state index >= 15 is 0 Å². The summed E-state index contributed by atoms with van der Waals surface area (Å²) in [6.07, 6.45) is 0. The molecule has 0 aliphatic rings. The molecule has 0 saturated carbocycles. The first-order chi connectivity index (χ1) is 8.45. The SMILES string of the molecule is CCS[C@@H](C)C(=O)N(C)CCn1nc(C)cc1C. The minimum Gasteiger partial charge on any atom is -0.343 e. The summed E-state index contributed by atoms with van der Waals surface area (Å²) in [5.74, 6) is 1.17. The van der Waals surface area contributed by atoms with Crippen molar-refractivity contribution in [2.45, 2.75) is 39.5 Å². The second-order valence-corrected chi connectivity index (χ2v) is 6.13. The van der Waals surface area contributed by atoms with Gasteiger partial charge in [0.05, 0.1) is 17.5 Å². The van der Waals surface area contributed by atoms with E-state index in [-0.39, 0.29) is 11.2 Å². The fraction of sp³-hybridized carbons (Fsp3) is 0.692. The Bertz CT molecular complexity index is 403. The molecule has 0 unspecified atom stereocenters. The van der Waals surface area contributed by atoms with Gasteiger partial charge in [0.25, 0.3) is 0 Å². The molecular weight excluding hydrogens is 246 g/mol. The van der Waals surface area contributed by atoms with E-state index in [1.54, 1.807) is 16.7 Å². The summed E-state index contributed by atoms with van der Waals surface area (Å²) in [6.45, 7) is 9.52. The largest absolute Gasteiger partial charge is 0.343 e. The molecule has 102 valence electrons. The monoisotopic (exact) mass is 269 g/mol. The topological polar surface area (TPSA) is 38.1 Å². The first kappa shape index (κ1) is 15.1. The number of rotatable bonds is 6. The first-order valence-electron chi connectivity index (χ1n) is 6.33. The van der Waals surface area contributed by atoms with Gasteiger partial charge in [0.1, 0.15) is 0 Å². The lowest BCUT2D eigenvalue weighted by Crippen LogP contribution is -2.35. The number of amides is 1. The van der Waals surface area contributed by atoms with Crippen LogP contribution in [0.15, 0.2) is 6.07 Å². The molecule has 0 aromatic carbocycles. The van der Waals surface area contributed by atoms with Gasteiger partial charge in [-0.15, -0.1) is 11.8 Å². The zero-order valence-electron chi connectivity index (χ0n) is 11.9. The summed E-state index contributed by atoms with van der Waals surface area (Å²) in [6, 6.07) is 2.05. The molecule has 0 aliphatic carbocycles. The first-order valence-corrected chi connectivity index (χ1v) is 7.38. The van der Waals surface area contributed by atoms with Crippen LogP contribution in [0.5, 0.6) is 0 Å². The molecule has 1 aromatic heterocycles. The summed E-state index contributed by atoms with van der Waals surface area (Å²) in [5.41, 5.74) is 2.17. The van der Waals surface area contributed by atoms with Crippen LogP contribution in [-0.4, -0.2) is 45.2 Å². The normalized spacial score (nSPS) is 12.5. The van der Waals surface area contributed by atoms with E-state index in [1.165, 1.54) is 0 Å². The Morgan fingerprint density at radius 1 is 1.56 bits per heavy atom. The van der Waals surface area contributed by atoms with E-state index in [4.69, 9.17) is 0 Å². The standard InChI is InChI=1S/C13H23N3OS/c1-6-18-12(4)13(17)15(5)7-8-16-11(3)9-10(2)14-16/h9,12H,6-8H2,1-5H3/t12-/m0/s1. The summed E-state index contributed by atoms with van der Waals surface area (Å²) >= 11 is 1.68. The number of hydrogen-bond acceptors (Lipinski definition) is 3. The van der Waals surface area contributed by atoms with Crippen molar-refractivity contribution in [2.75, 3.05) is 19.3 Å². The molecule has 1 rings (SSSR count). The Hall–Kier alpha value is -0.970. The van der Waals surface area contributed by atoms with Crippen molar-refractivity contribution < 1.29 is 4.79 Å². The van der Waals surface area contributed by atoms with Gasteiger partial charge in [0, 0.05) is 19.3 Å².